The molecule has 1 aromatic heterocycles. The molecule has 0 spiro atoms. The molecule has 170 valence electrons. The number of allylic oxidation sites excluding steroid dienone is 3. The van der Waals surface area contributed by atoms with Crippen molar-refractivity contribution in [2.24, 2.45) is 10.9 Å². The number of rotatable bonds is 5. The Balaban J connectivity index is 1.66. The molecule has 0 radical (unpaired) electrons. The number of benzene rings is 1. The number of nitrogens with zero attached hydrogens (tertiary/aromatic N) is 1. The summed E-state index contributed by atoms with van der Waals surface area (Å²) in [5, 5.41) is 0. The van der Waals surface area contributed by atoms with E-state index in [1.807, 2.05) is 56.5 Å². The lowest BCUT2D eigenvalue weighted by Gasteiger charge is -2.45. The molecule has 1 heterocycles. The van der Waals surface area contributed by atoms with Gasteiger partial charge >= 0.3 is 5.97 Å². The Morgan fingerprint density at radius 3 is 2.85 bits per heavy atom. The van der Waals surface area contributed by atoms with Crippen LogP contribution in [0.5, 0.6) is 0 Å². The summed E-state index contributed by atoms with van der Waals surface area (Å²) in [6, 6.07) is 10.9. The van der Waals surface area contributed by atoms with Crippen molar-refractivity contribution < 1.29 is 9.53 Å². The van der Waals surface area contributed by atoms with Crippen LogP contribution < -0.4 is 5.56 Å². The van der Waals surface area contributed by atoms with Gasteiger partial charge in [0.15, 0.2) is 0 Å². The van der Waals surface area contributed by atoms with E-state index in [4.69, 9.17) is 9.73 Å². The normalized spacial score (nSPS) is 23.2. The minimum Gasteiger partial charge on any atom is -0.459 e. The zero-order chi connectivity index (χ0) is 23.6. The molecule has 1 N–H and O–H groups in total. The Hall–Kier alpha value is -3.47. The van der Waals surface area contributed by atoms with Crippen LogP contribution in [0.25, 0.3) is 6.08 Å². The number of H-pyrrole nitrogens is 1. The molecule has 0 saturated carbocycles. The molecule has 0 amide bonds. The quantitative estimate of drug-likeness (QED) is 0.383. The fourth-order valence-electron chi connectivity index (χ4n) is 5.03. The van der Waals surface area contributed by atoms with Gasteiger partial charge in [-0.1, -0.05) is 35.9 Å². The fourth-order valence-corrected chi connectivity index (χ4v) is 5.03. The number of aromatic nitrogens is 1. The molecule has 1 aromatic carbocycles. The Morgan fingerprint density at radius 2 is 2.09 bits per heavy atom. The highest BCUT2D eigenvalue weighted by Gasteiger charge is 2.46. The summed E-state index contributed by atoms with van der Waals surface area (Å²) < 4.78 is 5.29. The zero-order valence-electron chi connectivity index (χ0n) is 19.6. The predicted molar refractivity (Wildman–Crippen MR) is 133 cm³/mol. The van der Waals surface area contributed by atoms with E-state index < -0.39 is 5.54 Å². The van der Waals surface area contributed by atoms with E-state index in [-0.39, 0.29) is 23.6 Å². The van der Waals surface area contributed by atoms with E-state index in [9.17, 15) is 9.59 Å². The average molecular weight is 443 g/mol. The van der Waals surface area contributed by atoms with Gasteiger partial charge in [-0.05, 0) is 69.5 Å². The molecular weight excluding hydrogens is 412 g/mol. The minimum absolute atomic E-state index is 0.0775. The SMILES string of the molecule is C/C=C1\[C@H]2C=C(C)C[C@]1(/N=C/C=C/c1cccc(C(=O)OC(C)C)c1)c1ccc(=O)[nH]c1C2. The second kappa shape index (κ2) is 9.18. The average Bonchev–Trinajstić information content (AvgIpc) is 2.76. The van der Waals surface area contributed by atoms with E-state index in [0.717, 1.165) is 29.7 Å². The number of esters is 1. The van der Waals surface area contributed by atoms with E-state index >= 15 is 0 Å². The molecule has 33 heavy (non-hydrogen) atoms. The second-order valence-corrected chi connectivity index (χ2v) is 9.04. The van der Waals surface area contributed by atoms with Crippen molar-refractivity contribution in [1.82, 2.24) is 4.98 Å². The van der Waals surface area contributed by atoms with Gasteiger partial charge in [0.05, 0.1) is 11.7 Å². The first kappa shape index (κ1) is 22.7. The maximum atomic E-state index is 12.2. The molecule has 2 aliphatic rings. The summed E-state index contributed by atoms with van der Waals surface area (Å²) >= 11 is 0. The van der Waals surface area contributed by atoms with Gasteiger partial charge in [0, 0.05) is 35.9 Å². The lowest BCUT2D eigenvalue weighted by Crippen LogP contribution is -2.40. The summed E-state index contributed by atoms with van der Waals surface area (Å²) in [6.45, 7) is 7.89. The number of fused-ring (bicyclic) bond motifs is 4. The van der Waals surface area contributed by atoms with Gasteiger partial charge in [-0.25, -0.2) is 4.79 Å². The highest BCUT2D eigenvalue weighted by Crippen LogP contribution is 2.51. The maximum Gasteiger partial charge on any atom is 0.338 e. The van der Waals surface area contributed by atoms with Crippen molar-refractivity contribution in [3.8, 4) is 0 Å². The van der Waals surface area contributed by atoms with Crippen LogP contribution in [0.4, 0.5) is 0 Å². The minimum atomic E-state index is -0.511. The first-order valence-corrected chi connectivity index (χ1v) is 11.4. The molecule has 0 unspecified atom stereocenters. The molecular formula is C28H30N2O3. The van der Waals surface area contributed by atoms with Crippen molar-refractivity contribution in [3.05, 3.63) is 98.5 Å². The van der Waals surface area contributed by atoms with Crippen molar-refractivity contribution in [2.75, 3.05) is 0 Å². The number of aromatic amines is 1. The highest BCUT2D eigenvalue weighted by atomic mass is 16.5. The lowest BCUT2D eigenvalue weighted by molar-refractivity contribution is 0.0378. The number of carbonyl (C=O) groups excluding carboxylic acids is 1. The van der Waals surface area contributed by atoms with E-state index in [0.29, 0.717) is 5.56 Å². The Kier molecular flexibility index (Phi) is 6.32. The Morgan fingerprint density at radius 1 is 1.27 bits per heavy atom. The Bertz CT molecular complexity index is 1250. The van der Waals surface area contributed by atoms with Crippen molar-refractivity contribution in [2.45, 2.75) is 52.2 Å². The van der Waals surface area contributed by atoms with E-state index in [1.54, 1.807) is 12.1 Å². The molecule has 5 heteroatoms. The maximum absolute atomic E-state index is 12.2. The van der Waals surface area contributed by atoms with Gasteiger partial charge in [0.1, 0.15) is 5.54 Å². The van der Waals surface area contributed by atoms with E-state index in [2.05, 4.69) is 31.0 Å². The standard InChI is InChI=1S/C28H30N2O3/c1-5-23-22-14-19(4)17-28(23,24-11-12-26(31)30-25(24)16-22)29-13-7-9-20-8-6-10-21(15-20)27(32)33-18(2)3/h5-15,18,22H,16-17H2,1-4H3,(H,30,31)/b9-7+,23-5+,29-13+/t22-,28+/m0/s1. The third kappa shape index (κ3) is 4.54. The summed E-state index contributed by atoms with van der Waals surface area (Å²) in [5.74, 6) is -0.0899. The van der Waals surface area contributed by atoms with Gasteiger partial charge < -0.3 is 9.72 Å². The fraction of sp³-hybridized carbons (Fsp3) is 0.321. The predicted octanol–water partition coefficient (Wildman–Crippen LogP) is 5.39. The van der Waals surface area contributed by atoms with Crippen LogP contribution in [0.3, 0.4) is 0 Å². The van der Waals surface area contributed by atoms with Crippen LogP contribution in [0, 0.1) is 5.92 Å². The van der Waals surface area contributed by atoms with Gasteiger partial charge in [-0.15, -0.1) is 0 Å². The molecule has 5 nitrogen and oxygen atoms in total. The molecule has 0 fully saturated rings. The molecule has 4 rings (SSSR count). The molecule has 0 aliphatic heterocycles. The third-order valence-corrected chi connectivity index (χ3v) is 6.21. The molecule has 2 aromatic rings. The van der Waals surface area contributed by atoms with Gasteiger partial charge in [0.2, 0.25) is 5.56 Å². The number of aliphatic imine (C=N–C) groups is 1. The number of pyridine rings is 1. The lowest BCUT2D eigenvalue weighted by atomic mass is 9.63. The van der Waals surface area contributed by atoms with Crippen molar-refractivity contribution in [3.63, 3.8) is 0 Å². The molecule has 0 saturated heterocycles. The number of ether oxygens (including phenoxy) is 1. The smallest absolute Gasteiger partial charge is 0.338 e. The number of carbonyl (C=O) groups is 1. The van der Waals surface area contributed by atoms with Crippen molar-refractivity contribution in [1.29, 1.82) is 0 Å². The van der Waals surface area contributed by atoms with Gasteiger partial charge in [0.25, 0.3) is 0 Å². The van der Waals surface area contributed by atoms with Crippen LogP contribution in [-0.4, -0.2) is 23.3 Å². The number of hydrogen-bond donors (Lipinski definition) is 1. The third-order valence-electron chi connectivity index (χ3n) is 6.21. The van der Waals surface area contributed by atoms with Crippen LogP contribution >= 0.6 is 0 Å². The summed E-state index contributed by atoms with van der Waals surface area (Å²) in [4.78, 5) is 32.3. The van der Waals surface area contributed by atoms with Crippen molar-refractivity contribution >= 4 is 18.3 Å². The summed E-state index contributed by atoms with van der Waals surface area (Å²) in [7, 11) is 0. The number of nitrogens with one attached hydrogen (secondary N) is 1. The van der Waals surface area contributed by atoms with Crippen LogP contribution in [0.15, 0.2) is 75.6 Å². The van der Waals surface area contributed by atoms with Crippen LogP contribution in [-0.2, 0) is 16.7 Å². The molecule has 2 bridgehead atoms. The van der Waals surface area contributed by atoms with Crippen LogP contribution in [0.1, 0.15) is 61.3 Å². The van der Waals surface area contributed by atoms with Crippen LogP contribution in [0.2, 0.25) is 0 Å². The second-order valence-electron chi connectivity index (χ2n) is 9.04. The first-order valence-electron chi connectivity index (χ1n) is 11.4. The van der Waals surface area contributed by atoms with E-state index in [1.165, 1.54) is 11.1 Å². The largest absolute Gasteiger partial charge is 0.459 e. The summed E-state index contributed by atoms with van der Waals surface area (Å²) in [6.07, 6.45) is 11.5. The summed E-state index contributed by atoms with van der Waals surface area (Å²) in [5.41, 5.74) is 5.46. The monoisotopic (exact) mass is 442 g/mol. The first-order chi connectivity index (χ1) is 15.8. The van der Waals surface area contributed by atoms with Gasteiger partial charge in [-0.2, -0.15) is 0 Å². The molecule has 2 aliphatic carbocycles. The zero-order valence-corrected chi connectivity index (χ0v) is 19.6. The Labute approximate surface area is 194 Å². The molecule has 2 atom stereocenters. The topological polar surface area (TPSA) is 71.5 Å². The highest BCUT2D eigenvalue weighted by molar-refractivity contribution is 5.90. The van der Waals surface area contributed by atoms with Gasteiger partial charge in [-0.3, -0.25) is 9.79 Å². The number of hydrogen-bond acceptors (Lipinski definition) is 4.